The third kappa shape index (κ3) is 3.11. The molecule has 1 atom stereocenters. The Labute approximate surface area is 128 Å². The van der Waals surface area contributed by atoms with Gasteiger partial charge in [-0.3, -0.25) is 9.78 Å². The van der Waals surface area contributed by atoms with Crippen LogP contribution in [-0.4, -0.2) is 21.9 Å². The van der Waals surface area contributed by atoms with Crippen LogP contribution in [0.3, 0.4) is 0 Å². The zero-order chi connectivity index (χ0) is 15.6. The summed E-state index contributed by atoms with van der Waals surface area (Å²) in [7, 11) is 0. The molecule has 6 heteroatoms. The highest BCUT2D eigenvalue weighted by Gasteiger charge is 2.22. The summed E-state index contributed by atoms with van der Waals surface area (Å²) in [4.78, 5) is 16.2. The number of primary amides is 1. The van der Waals surface area contributed by atoms with Gasteiger partial charge in [0.2, 0.25) is 5.91 Å². The highest BCUT2D eigenvalue weighted by molar-refractivity contribution is 7.80. The fraction of sp³-hybridized carbons (Fsp3) is 0.267. The summed E-state index contributed by atoms with van der Waals surface area (Å²) in [5.74, 6) is -0.381. The Bertz CT molecular complexity index is 699. The van der Waals surface area contributed by atoms with E-state index in [4.69, 9.17) is 23.7 Å². The summed E-state index contributed by atoms with van der Waals surface area (Å²) >= 11 is 5.08. The van der Waals surface area contributed by atoms with E-state index >= 15 is 0 Å². The molecular weight excluding hydrogens is 284 g/mol. The standard InChI is InChI=1S/C15H18N4OS/c1-8(2)12(14(16)20)19-13-9-5-3-4-6-11(9)18-7-10(13)15(17)21/h3-8,12H,1-2H3,(H2,16,20)(H2,17,21)(H,18,19). The van der Waals surface area contributed by atoms with Crippen molar-refractivity contribution in [2.24, 2.45) is 17.4 Å². The number of nitrogens with zero attached hydrogens (tertiary/aromatic N) is 1. The lowest BCUT2D eigenvalue weighted by molar-refractivity contribution is -0.119. The molecular formula is C15H18N4OS. The van der Waals surface area contributed by atoms with E-state index in [2.05, 4.69) is 10.3 Å². The largest absolute Gasteiger partial charge is 0.389 e. The highest BCUT2D eigenvalue weighted by atomic mass is 32.1. The number of nitrogens with two attached hydrogens (primary N) is 2. The molecule has 0 aliphatic heterocycles. The van der Waals surface area contributed by atoms with Crippen molar-refractivity contribution in [2.75, 3.05) is 5.32 Å². The number of carbonyl (C=O) groups excluding carboxylic acids is 1. The SMILES string of the molecule is CC(C)C(Nc1c(C(N)=S)cnc2ccccc12)C(N)=O. The molecule has 0 bridgehead atoms. The molecule has 2 rings (SSSR count). The van der Waals surface area contributed by atoms with Crippen molar-refractivity contribution < 1.29 is 4.79 Å². The van der Waals surface area contributed by atoms with Gasteiger partial charge in [0, 0.05) is 11.6 Å². The number of nitrogens with one attached hydrogen (secondary N) is 1. The molecule has 5 nitrogen and oxygen atoms in total. The van der Waals surface area contributed by atoms with Gasteiger partial charge in [0.15, 0.2) is 0 Å². The van der Waals surface area contributed by atoms with Crippen LogP contribution in [0.2, 0.25) is 0 Å². The van der Waals surface area contributed by atoms with E-state index in [0.717, 1.165) is 10.9 Å². The molecule has 0 aliphatic rings. The molecule has 1 heterocycles. The number of para-hydroxylation sites is 1. The first-order valence-corrected chi connectivity index (χ1v) is 7.06. The van der Waals surface area contributed by atoms with Crippen LogP contribution in [0.4, 0.5) is 5.69 Å². The minimum Gasteiger partial charge on any atom is -0.389 e. The Kier molecular flexibility index (Phi) is 4.37. The summed E-state index contributed by atoms with van der Waals surface area (Å²) in [6, 6.07) is 7.08. The summed E-state index contributed by atoms with van der Waals surface area (Å²) in [6.07, 6.45) is 1.62. The minimum absolute atomic E-state index is 0.0358. The molecule has 0 spiro atoms. The number of amides is 1. The van der Waals surface area contributed by atoms with Crippen LogP contribution >= 0.6 is 12.2 Å². The fourth-order valence-corrected chi connectivity index (χ4v) is 2.36. The Balaban J connectivity index is 2.61. The molecule has 1 aromatic heterocycles. The van der Waals surface area contributed by atoms with Crippen LogP contribution in [0.25, 0.3) is 10.9 Å². The first kappa shape index (κ1) is 15.2. The number of fused-ring (bicyclic) bond motifs is 1. The molecule has 0 saturated carbocycles. The number of anilines is 1. The summed E-state index contributed by atoms with van der Waals surface area (Å²) in [6.45, 7) is 3.85. The Morgan fingerprint density at radius 2 is 1.95 bits per heavy atom. The Morgan fingerprint density at radius 3 is 2.52 bits per heavy atom. The van der Waals surface area contributed by atoms with Crippen LogP contribution in [0.15, 0.2) is 30.5 Å². The normalized spacial score (nSPS) is 12.3. The first-order valence-electron chi connectivity index (χ1n) is 6.65. The number of hydrogen-bond donors (Lipinski definition) is 3. The van der Waals surface area contributed by atoms with E-state index in [1.165, 1.54) is 0 Å². The van der Waals surface area contributed by atoms with Crippen molar-refractivity contribution in [2.45, 2.75) is 19.9 Å². The van der Waals surface area contributed by atoms with E-state index in [1.807, 2.05) is 38.1 Å². The predicted molar refractivity (Wildman–Crippen MR) is 89.1 cm³/mol. The zero-order valence-electron chi connectivity index (χ0n) is 12.0. The molecule has 0 fully saturated rings. The molecule has 5 N–H and O–H groups in total. The maximum atomic E-state index is 11.6. The van der Waals surface area contributed by atoms with E-state index in [1.54, 1.807) is 6.20 Å². The van der Waals surface area contributed by atoms with Crippen LogP contribution in [0.1, 0.15) is 19.4 Å². The molecule has 1 unspecified atom stereocenters. The van der Waals surface area contributed by atoms with Gasteiger partial charge in [-0.25, -0.2) is 0 Å². The molecule has 0 saturated heterocycles. The second kappa shape index (κ2) is 6.05. The number of hydrogen-bond acceptors (Lipinski definition) is 4. The topological polar surface area (TPSA) is 94.0 Å². The van der Waals surface area contributed by atoms with Gasteiger partial charge >= 0.3 is 0 Å². The molecule has 110 valence electrons. The van der Waals surface area contributed by atoms with Gasteiger partial charge in [-0.05, 0) is 12.0 Å². The third-order valence-electron chi connectivity index (χ3n) is 3.31. The van der Waals surface area contributed by atoms with Crippen molar-refractivity contribution >= 4 is 39.7 Å². The van der Waals surface area contributed by atoms with Gasteiger partial charge in [-0.15, -0.1) is 0 Å². The van der Waals surface area contributed by atoms with Gasteiger partial charge in [0.25, 0.3) is 0 Å². The molecule has 1 aromatic carbocycles. The lowest BCUT2D eigenvalue weighted by atomic mass is 10.0. The maximum Gasteiger partial charge on any atom is 0.240 e. The summed E-state index contributed by atoms with van der Waals surface area (Å²) in [5.41, 5.74) is 13.3. The van der Waals surface area contributed by atoms with E-state index < -0.39 is 11.9 Å². The Morgan fingerprint density at radius 1 is 1.29 bits per heavy atom. The van der Waals surface area contributed by atoms with E-state index in [9.17, 15) is 4.79 Å². The molecule has 0 radical (unpaired) electrons. The van der Waals surface area contributed by atoms with Gasteiger partial charge < -0.3 is 16.8 Å². The zero-order valence-corrected chi connectivity index (χ0v) is 12.8. The quantitative estimate of drug-likeness (QED) is 0.732. The van der Waals surface area contributed by atoms with Crippen molar-refractivity contribution in [3.8, 4) is 0 Å². The number of carbonyl (C=O) groups is 1. The monoisotopic (exact) mass is 302 g/mol. The number of aromatic nitrogens is 1. The number of benzene rings is 1. The summed E-state index contributed by atoms with van der Waals surface area (Å²) < 4.78 is 0. The smallest absolute Gasteiger partial charge is 0.240 e. The molecule has 21 heavy (non-hydrogen) atoms. The molecule has 2 aromatic rings. The van der Waals surface area contributed by atoms with E-state index in [-0.39, 0.29) is 10.9 Å². The van der Waals surface area contributed by atoms with Crippen LogP contribution in [-0.2, 0) is 4.79 Å². The number of pyridine rings is 1. The fourth-order valence-electron chi connectivity index (χ4n) is 2.21. The van der Waals surface area contributed by atoms with Crippen molar-refractivity contribution in [1.29, 1.82) is 0 Å². The van der Waals surface area contributed by atoms with Crippen molar-refractivity contribution in [3.05, 3.63) is 36.0 Å². The highest BCUT2D eigenvalue weighted by Crippen LogP contribution is 2.27. The van der Waals surface area contributed by atoms with Crippen molar-refractivity contribution in [1.82, 2.24) is 4.98 Å². The van der Waals surface area contributed by atoms with E-state index in [0.29, 0.717) is 11.3 Å². The number of thiocarbonyl (C=S) groups is 1. The second-order valence-corrected chi connectivity index (χ2v) is 5.64. The van der Waals surface area contributed by atoms with Gasteiger partial charge in [-0.1, -0.05) is 44.3 Å². The van der Waals surface area contributed by atoms with Crippen LogP contribution in [0.5, 0.6) is 0 Å². The van der Waals surface area contributed by atoms with Crippen LogP contribution < -0.4 is 16.8 Å². The van der Waals surface area contributed by atoms with Crippen molar-refractivity contribution in [3.63, 3.8) is 0 Å². The van der Waals surface area contributed by atoms with Gasteiger partial charge in [0.05, 0.1) is 16.8 Å². The predicted octanol–water partition coefficient (Wildman–Crippen LogP) is 1.79. The average molecular weight is 302 g/mol. The van der Waals surface area contributed by atoms with Gasteiger partial charge in [-0.2, -0.15) is 0 Å². The summed E-state index contributed by atoms with van der Waals surface area (Å²) in [5, 5.41) is 4.04. The average Bonchev–Trinajstić information content (AvgIpc) is 2.43. The second-order valence-electron chi connectivity index (χ2n) is 5.20. The minimum atomic E-state index is -0.510. The lowest BCUT2D eigenvalue weighted by Gasteiger charge is -2.23. The first-order chi connectivity index (χ1) is 9.91. The third-order valence-corrected chi connectivity index (χ3v) is 3.53. The van der Waals surface area contributed by atoms with Crippen LogP contribution in [0, 0.1) is 5.92 Å². The number of rotatable bonds is 5. The molecule has 0 aliphatic carbocycles. The molecule has 1 amide bonds. The Hall–Kier alpha value is -2.21. The maximum absolute atomic E-state index is 11.6. The lowest BCUT2D eigenvalue weighted by Crippen LogP contribution is -2.40. The van der Waals surface area contributed by atoms with Gasteiger partial charge in [0.1, 0.15) is 11.0 Å².